The molecule has 5 heteroatoms. The third-order valence-corrected chi connectivity index (χ3v) is 1.05. The van der Waals surface area contributed by atoms with Gasteiger partial charge in [-0.1, -0.05) is 5.16 Å². The fourth-order valence-electron chi connectivity index (χ4n) is 0.417. The predicted octanol–water partition coefficient (Wildman–Crippen LogP) is 1.32. The van der Waals surface area contributed by atoms with Crippen molar-refractivity contribution in [3.8, 4) is 0 Å². The summed E-state index contributed by atoms with van der Waals surface area (Å²) in [6, 6.07) is 0. The summed E-state index contributed by atoms with van der Waals surface area (Å²) in [6.45, 7) is 1.01. The van der Waals surface area contributed by atoms with Crippen LogP contribution in [0.25, 0.3) is 0 Å². The van der Waals surface area contributed by atoms with Gasteiger partial charge in [0, 0.05) is 0 Å². The SMILES string of the molecule is CC1=NOC(F)C1(F)F. The van der Waals surface area contributed by atoms with E-state index in [4.69, 9.17) is 0 Å². The van der Waals surface area contributed by atoms with Crippen LogP contribution in [-0.2, 0) is 4.84 Å². The molecule has 0 aliphatic carbocycles. The van der Waals surface area contributed by atoms with Crippen molar-refractivity contribution in [2.45, 2.75) is 19.2 Å². The lowest BCUT2D eigenvalue weighted by atomic mass is 10.2. The average Bonchev–Trinajstić information content (AvgIpc) is 1.96. The van der Waals surface area contributed by atoms with Gasteiger partial charge in [-0.05, 0) is 6.92 Å². The van der Waals surface area contributed by atoms with Crippen molar-refractivity contribution < 1.29 is 18.0 Å². The van der Waals surface area contributed by atoms with Crippen molar-refractivity contribution in [3.05, 3.63) is 0 Å². The van der Waals surface area contributed by atoms with Crippen molar-refractivity contribution in [2.24, 2.45) is 5.16 Å². The Labute approximate surface area is 49.3 Å². The van der Waals surface area contributed by atoms with Gasteiger partial charge < -0.3 is 4.84 Å². The molecular formula is C4H4F3NO. The van der Waals surface area contributed by atoms with Crippen LogP contribution in [0.4, 0.5) is 13.2 Å². The molecule has 52 valence electrons. The normalized spacial score (nSPS) is 31.6. The van der Waals surface area contributed by atoms with E-state index in [1.165, 1.54) is 0 Å². The van der Waals surface area contributed by atoms with Crippen molar-refractivity contribution in [1.82, 2.24) is 0 Å². The molecule has 0 bridgehead atoms. The molecule has 1 rings (SSSR count). The summed E-state index contributed by atoms with van der Waals surface area (Å²) in [5, 5.41) is 2.76. The van der Waals surface area contributed by atoms with Crippen molar-refractivity contribution >= 4 is 5.71 Å². The maximum absolute atomic E-state index is 12.1. The Balaban J connectivity index is 2.81. The Morgan fingerprint density at radius 2 is 2.22 bits per heavy atom. The smallest absolute Gasteiger partial charge is 0.351 e. The molecule has 0 aromatic heterocycles. The van der Waals surface area contributed by atoms with Crippen LogP contribution >= 0.6 is 0 Å². The first-order chi connectivity index (χ1) is 4.05. The van der Waals surface area contributed by atoms with E-state index in [0.29, 0.717) is 0 Å². The number of alkyl halides is 3. The molecular weight excluding hydrogens is 135 g/mol. The van der Waals surface area contributed by atoms with Crippen LogP contribution in [0.15, 0.2) is 5.16 Å². The fraction of sp³-hybridized carbons (Fsp3) is 0.750. The molecule has 0 saturated heterocycles. The monoisotopic (exact) mass is 139 g/mol. The fourth-order valence-corrected chi connectivity index (χ4v) is 0.417. The van der Waals surface area contributed by atoms with Crippen molar-refractivity contribution in [3.63, 3.8) is 0 Å². The second-order valence-electron chi connectivity index (χ2n) is 1.72. The zero-order chi connectivity index (χ0) is 7.07. The molecule has 0 amide bonds. The Kier molecular flexibility index (Phi) is 1.15. The predicted molar refractivity (Wildman–Crippen MR) is 24.0 cm³/mol. The number of hydrogen-bond donors (Lipinski definition) is 0. The molecule has 1 heterocycles. The highest BCUT2D eigenvalue weighted by Crippen LogP contribution is 2.29. The van der Waals surface area contributed by atoms with Gasteiger partial charge in [0.2, 0.25) is 0 Å². The summed E-state index contributed by atoms with van der Waals surface area (Å²) in [7, 11) is 0. The molecule has 1 atom stereocenters. The number of oxime groups is 1. The summed E-state index contributed by atoms with van der Waals surface area (Å²) >= 11 is 0. The van der Waals surface area contributed by atoms with Gasteiger partial charge in [-0.3, -0.25) is 0 Å². The van der Waals surface area contributed by atoms with Gasteiger partial charge in [-0.15, -0.1) is 0 Å². The van der Waals surface area contributed by atoms with Gasteiger partial charge in [0.1, 0.15) is 5.71 Å². The van der Waals surface area contributed by atoms with Gasteiger partial charge in [0.05, 0.1) is 0 Å². The number of rotatable bonds is 0. The molecule has 0 N–H and O–H groups in total. The summed E-state index contributed by atoms with van der Waals surface area (Å²) < 4.78 is 36.1. The van der Waals surface area contributed by atoms with Gasteiger partial charge >= 0.3 is 12.3 Å². The Hall–Kier alpha value is -0.740. The minimum atomic E-state index is -3.53. The molecule has 1 aliphatic heterocycles. The topological polar surface area (TPSA) is 21.6 Å². The summed E-state index contributed by atoms with van der Waals surface area (Å²) in [5.74, 6) is -3.53. The van der Waals surface area contributed by atoms with Crippen LogP contribution in [0.1, 0.15) is 6.92 Å². The first kappa shape index (κ1) is 6.38. The number of hydrogen-bond acceptors (Lipinski definition) is 2. The van der Waals surface area contributed by atoms with Crippen molar-refractivity contribution in [2.75, 3.05) is 0 Å². The Bertz CT molecular complexity index is 156. The number of halogens is 3. The highest BCUT2D eigenvalue weighted by Gasteiger charge is 2.50. The molecule has 0 aromatic carbocycles. The third-order valence-electron chi connectivity index (χ3n) is 1.05. The molecule has 1 aliphatic rings. The lowest BCUT2D eigenvalue weighted by molar-refractivity contribution is -0.134. The van der Waals surface area contributed by atoms with E-state index < -0.39 is 18.0 Å². The van der Waals surface area contributed by atoms with E-state index in [9.17, 15) is 13.2 Å². The lowest BCUT2D eigenvalue weighted by Gasteiger charge is -2.07. The Morgan fingerprint density at radius 3 is 2.33 bits per heavy atom. The van der Waals surface area contributed by atoms with Crippen LogP contribution in [-0.4, -0.2) is 18.0 Å². The summed E-state index contributed by atoms with van der Waals surface area (Å²) in [4.78, 5) is 3.65. The molecule has 0 spiro atoms. The highest BCUT2D eigenvalue weighted by atomic mass is 19.3. The lowest BCUT2D eigenvalue weighted by Crippen LogP contribution is -2.32. The maximum Gasteiger partial charge on any atom is 0.356 e. The average molecular weight is 139 g/mol. The minimum Gasteiger partial charge on any atom is -0.351 e. The minimum absolute atomic E-state index is 0.616. The molecule has 9 heavy (non-hydrogen) atoms. The molecule has 0 radical (unpaired) electrons. The first-order valence-electron chi connectivity index (χ1n) is 2.28. The van der Waals surface area contributed by atoms with E-state index in [1.54, 1.807) is 0 Å². The van der Waals surface area contributed by atoms with Crippen LogP contribution in [0.2, 0.25) is 0 Å². The van der Waals surface area contributed by atoms with E-state index in [2.05, 4.69) is 9.99 Å². The van der Waals surface area contributed by atoms with E-state index in [-0.39, 0.29) is 0 Å². The zero-order valence-corrected chi connectivity index (χ0v) is 4.57. The Morgan fingerprint density at radius 1 is 1.67 bits per heavy atom. The van der Waals surface area contributed by atoms with E-state index >= 15 is 0 Å². The maximum atomic E-state index is 12.1. The van der Waals surface area contributed by atoms with Gasteiger partial charge in [-0.2, -0.15) is 13.2 Å². The molecule has 2 nitrogen and oxygen atoms in total. The van der Waals surface area contributed by atoms with E-state index in [1.807, 2.05) is 0 Å². The van der Waals surface area contributed by atoms with Crippen molar-refractivity contribution in [1.29, 1.82) is 0 Å². The highest BCUT2D eigenvalue weighted by molar-refractivity contribution is 5.89. The zero-order valence-electron chi connectivity index (χ0n) is 4.57. The van der Waals surface area contributed by atoms with Gasteiger partial charge in [0.25, 0.3) is 0 Å². The van der Waals surface area contributed by atoms with Crippen LogP contribution in [0.5, 0.6) is 0 Å². The van der Waals surface area contributed by atoms with Crippen LogP contribution in [0.3, 0.4) is 0 Å². The summed E-state index contributed by atoms with van der Waals surface area (Å²) in [6.07, 6.45) is -2.60. The van der Waals surface area contributed by atoms with E-state index in [0.717, 1.165) is 6.92 Å². The molecule has 1 unspecified atom stereocenters. The van der Waals surface area contributed by atoms with Gasteiger partial charge in [-0.25, -0.2) is 0 Å². The second-order valence-corrected chi connectivity index (χ2v) is 1.72. The first-order valence-corrected chi connectivity index (χ1v) is 2.28. The second kappa shape index (κ2) is 1.62. The summed E-state index contributed by atoms with van der Waals surface area (Å²) in [5.41, 5.74) is -0.616. The largest absolute Gasteiger partial charge is 0.356 e. The number of nitrogens with zero attached hydrogens (tertiary/aromatic N) is 1. The quantitative estimate of drug-likeness (QED) is 0.496. The molecule has 0 saturated carbocycles. The standard InChI is InChI=1S/C4H4F3NO/c1-2-4(6,7)3(5)9-8-2/h3H,1H3. The van der Waals surface area contributed by atoms with Crippen LogP contribution in [0, 0.1) is 0 Å². The molecule has 0 fully saturated rings. The molecule has 0 aromatic rings. The van der Waals surface area contributed by atoms with Crippen LogP contribution < -0.4 is 0 Å². The van der Waals surface area contributed by atoms with Gasteiger partial charge in [0.15, 0.2) is 0 Å². The third kappa shape index (κ3) is 0.760.